The zero-order valence-corrected chi connectivity index (χ0v) is 17.1. The molecule has 0 heterocycles. The highest BCUT2D eigenvalue weighted by molar-refractivity contribution is 7.80. The second-order valence-corrected chi connectivity index (χ2v) is 7.04. The molecule has 6 nitrogen and oxygen atoms in total. The van der Waals surface area contributed by atoms with Crippen LogP contribution in [0, 0.1) is 6.92 Å². The van der Waals surface area contributed by atoms with Gasteiger partial charge in [0.25, 0.3) is 5.91 Å². The lowest BCUT2D eigenvalue weighted by Crippen LogP contribution is -2.50. The molecule has 2 rings (SSSR count). The number of carbonyl (C=O) groups is 2. The average Bonchev–Trinajstić information content (AvgIpc) is 2.66. The number of aryl methyl sites for hydroxylation is 1. The molecule has 3 N–H and O–H groups in total. The van der Waals surface area contributed by atoms with Crippen LogP contribution in [-0.4, -0.2) is 23.5 Å². The summed E-state index contributed by atoms with van der Waals surface area (Å²) >= 11 is 5.03. The lowest BCUT2D eigenvalue weighted by molar-refractivity contribution is -0.124. The Balaban J connectivity index is 1.74. The molecular formula is C21H25N3O3S. The molecule has 0 bridgehead atoms. The number of carbonyl (C=O) groups excluding carboxylic acids is 2. The summed E-state index contributed by atoms with van der Waals surface area (Å²) in [6.07, 6.45) is 0.206. The third-order valence-electron chi connectivity index (χ3n) is 4.08. The molecule has 28 heavy (non-hydrogen) atoms. The van der Waals surface area contributed by atoms with E-state index >= 15 is 0 Å². The van der Waals surface area contributed by atoms with Crippen LogP contribution in [0.1, 0.15) is 36.5 Å². The summed E-state index contributed by atoms with van der Waals surface area (Å²) in [7, 11) is 0. The second kappa shape index (κ2) is 10.4. The molecule has 0 aliphatic carbocycles. The minimum atomic E-state index is -0.408. The number of hydrogen-bond donors (Lipinski definition) is 3. The topological polar surface area (TPSA) is 79.5 Å². The third-order valence-corrected chi connectivity index (χ3v) is 4.28. The summed E-state index contributed by atoms with van der Waals surface area (Å²) in [4.78, 5) is 24.0. The van der Waals surface area contributed by atoms with Gasteiger partial charge in [-0.2, -0.15) is 0 Å². The summed E-state index contributed by atoms with van der Waals surface area (Å²) in [5.74, 6) is 0.285. The fraction of sp³-hybridized carbons (Fsp3) is 0.286. The molecule has 2 aromatic rings. The zero-order valence-electron chi connectivity index (χ0n) is 16.2. The Morgan fingerprint density at radius 1 is 1.00 bits per heavy atom. The van der Waals surface area contributed by atoms with Gasteiger partial charge >= 0.3 is 0 Å². The molecule has 148 valence electrons. The van der Waals surface area contributed by atoms with E-state index < -0.39 is 5.91 Å². The first-order valence-corrected chi connectivity index (χ1v) is 9.42. The largest absolute Gasteiger partial charge is 0.483 e. The van der Waals surface area contributed by atoms with E-state index in [-0.39, 0.29) is 30.0 Å². The van der Waals surface area contributed by atoms with E-state index in [0.717, 1.165) is 16.7 Å². The molecule has 0 aliphatic heterocycles. The van der Waals surface area contributed by atoms with Crippen LogP contribution in [0.4, 0.5) is 0 Å². The minimum absolute atomic E-state index is 0.0227. The maximum atomic E-state index is 12.1. The van der Waals surface area contributed by atoms with E-state index in [1.54, 1.807) is 0 Å². The van der Waals surface area contributed by atoms with Gasteiger partial charge in [-0.05, 0) is 47.8 Å². The SMILES string of the molecule is Cc1ccccc1CC(=O)NC(=S)NNC(=O)COc1ccccc1C(C)C. The Morgan fingerprint density at radius 2 is 1.68 bits per heavy atom. The zero-order chi connectivity index (χ0) is 20.5. The van der Waals surface area contributed by atoms with E-state index in [0.29, 0.717) is 5.75 Å². The Kier molecular flexibility index (Phi) is 7.95. The van der Waals surface area contributed by atoms with Crippen LogP contribution in [0.2, 0.25) is 0 Å². The highest BCUT2D eigenvalue weighted by Crippen LogP contribution is 2.25. The van der Waals surface area contributed by atoms with Crippen LogP contribution in [-0.2, 0) is 16.0 Å². The Bertz CT molecular complexity index is 852. The van der Waals surface area contributed by atoms with Crippen LogP contribution in [0.3, 0.4) is 0 Å². The van der Waals surface area contributed by atoms with Crippen molar-refractivity contribution in [2.75, 3.05) is 6.61 Å². The monoisotopic (exact) mass is 399 g/mol. The highest BCUT2D eigenvalue weighted by atomic mass is 32.1. The quantitative estimate of drug-likeness (QED) is 0.514. The number of hydrazine groups is 1. The number of rotatable bonds is 6. The van der Waals surface area contributed by atoms with Gasteiger partial charge in [0.1, 0.15) is 5.75 Å². The molecule has 0 aliphatic rings. The van der Waals surface area contributed by atoms with Crippen molar-refractivity contribution >= 4 is 29.1 Å². The molecule has 2 amide bonds. The van der Waals surface area contributed by atoms with Crippen molar-refractivity contribution in [2.45, 2.75) is 33.1 Å². The van der Waals surface area contributed by atoms with Crippen LogP contribution in [0.5, 0.6) is 5.75 Å². The molecule has 0 radical (unpaired) electrons. The average molecular weight is 400 g/mol. The number of thiocarbonyl (C=S) groups is 1. The Morgan fingerprint density at radius 3 is 2.39 bits per heavy atom. The number of ether oxygens (including phenoxy) is 1. The lowest BCUT2D eigenvalue weighted by atomic mass is 10.0. The summed E-state index contributed by atoms with van der Waals surface area (Å²) < 4.78 is 5.58. The second-order valence-electron chi connectivity index (χ2n) is 6.63. The van der Waals surface area contributed by atoms with Crippen molar-refractivity contribution in [3.05, 3.63) is 65.2 Å². The van der Waals surface area contributed by atoms with Gasteiger partial charge in [-0.25, -0.2) is 0 Å². The van der Waals surface area contributed by atoms with E-state index in [9.17, 15) is 9.59 Å². The smallest absolute Gasteiger partial charge is 0.276 e. The van der Waals surface area contributed by atoms with E-state index in [4.69, 9.17) is 17.0 Å². The first-order chi connectivity index (χ1) is 13.4. The first-order valence-electron chi connectivity index (χ1n) is 9.01. The van der Waals surface area contributed by atoms with Gasteiger partial charge < -0.3 is 10.1 Å². The molecular weight excluding hydrogens is 374 g/mol. The van der Waals surface area contributed by atoms with Crippen LogP contribution in [0.15, 0.2) is 48.5 Å². The van der Waals surface area contributed by atoms with Crippen LogP contribution < -0.4 is 20.9 Å². The van der Waals surface area contributed by atoms with Gasteiger partial charge in [0.15, 0.2) is 11.7 Å². The number of hydrogen-bond acceptors (Lipinski definition) is 4. The number of nitrogens with one attached hydrogen (secondary N) is 3. The van der Waals surface area contributed by atoms with Crippen molar-refractivity contribution in [2.24, 2.45) is 0 Å². The van der Waals surface area contributed by atoms with Gasteiger partial charge in [0.2, 0.25) is 5.91 Å². The Labute approximate surface area is 170 Å². The van der Waals surface area contributed by atoms with Gasteiger partial charge in [0.05, 0.1) is 6.42 Å². The number of benzene rings is 2. The standard InChI is InChI=1S/C21H25N3O3S/c1-14(2)17-10-6-7-11-18(17)27-13-20(26)23-24-21(28)22-19(25)12-16-9-5-4-8-15(16)3/h4-11,14H,12-13H2,1-3H3,(H,23,26)(H2,22,24,25,28). The van der Waals surface area contributed by atoms with E-state index in [1.165, 1.54) is 0 Å². The summed E-state index contributed by atoms with van der Waals surface area (Å²) in [5, 5.41) is 2.56. The molecule has 0 atom stereocenters. The van der Waals surface area contributed by atoms with Crippen molar-refractivity contribution in [3.8, 4) is 5.75 Å². The van der Waals surface area contributed by atoms with Crippen LogP contribution in [0.25, 0.3) is 0 Å². The molecule has 0 saturated carbocycles. The molecule has 0 spiro atoms. The molecule has 0 fully saturated rings. The molecule has 0 aromatic heterocycles. The normalized spacial score (nSPS) is 10.3. The van der Waals surface area contributed by atoms with Crippen molar-refractivity contribution in [1.82, 2.24) is 16.2 Å². The molecule has 2 aromatic carbocycles. The summed E-state index contributed by atoms with van der Waals surface area (Å²) in [6.45, 7) is 5.89. The van der Waals surface area contributed by atoms with Gasteiger partial charge in [-0.15, -0.1) is 0 Å². The highest BCUT2D eigenvalue weighted by Gasteiger charge is 2.11. The maximum Gasteiger partial charge on any atom is 0.276 e. The molecule has 7 heteroatoms. The van der Waals surface area contributed by atoms with Gasteiger partial charge in [-0.1, -0.05) is 56.3 Å². The van der Waals surface area contributed by atoms with Gasteiger partial charge in [-0.3, -0.25) is 20.4 Å². The number of para-hydroxylation sites is 1. The summed E-state index contributed by atoms with van der Waals surface area (Å²) in [6, 6.07) is 15.2. The van der Waals surface area contributed by atoms with Crippen molar-refractivity contribution < 1.29 is 14.3 Å². The van der Waals surface area contributed by atoms with E-state index in [2.05, 4.69) is 30.0 Å². The first kappa shape index (κ1) is 21.4. The fourth-order valence-corrected chi connectivity index (χ4v) is 2.74. The molecule has 0 unspecified atom stereocenters. The maximum absolute atomic E-state index is 12.1. The van der Waals surface area contributed by atoms with Gasteiger partial charge in [0, 0.05) is 0 Å². The number of amides is 2. The fourth-order valence-electron chi connectivity index (χ4n) is 2.58. The third kappa shape index (κ3) is 6.66. The van der Waals surface area contributed by atoms with Crippen molar-refractivity contribution in [3.63, 3.8) is 0 Å². The lowest BCUT2D eigenvalue weighted by Gasteiger charge is -2.14. The van der Waals surface area contributed by atoms with Crippen molar-refractivity contribution in [1.29, 1.82) is 0 Å². The van der Waals surface area contributed by atoms with Crippen LogP contribution >= 0.6 is 12.2 Å². The predicted molar refractivity (Wildman–Crippen MR) is 113 cm³/mol. The minimum Gasteiger partial charge on any atom is -0.483 e. The molecule has 0 saturated heterocycles. The predicted octanol–water partition coefficient (Wildman–Crippen LogP) is 2.76. The summed E-state index contributed by atoms with van der Waals surface area (Å²) in [5.41, 5.74) is 7.90. The Hall–Kier alpha value is -2.93. The van der Waals surface area contributed by atoms with E-state index in [1.807, 2.05) is 55.5 Å².